The van der Waals surface area contributed by atoms with Crippen molar-refractivity contribution in [3.05, 3.63) is 52.6 Å². The van der Waals surface area contributed by atoms with Crippen LogP contribution in [0.5, 0.6) is 0 Å². The summed E-state index contributed by atoms with van der Waals surface area (Å²) < 4.78 is 27.6. The van der Waals surface area contributed by atoms with E-state index in [1.54, 1.807) is 0 Å². The number of hydrogen-bond donors (Lipinski definition) is 4. The minimum absolute atomic E-state index is 0.0282. The molecule has 4 N–H and O–H groups in total. The lowest BCUT2D eigenvalue weighted by atomic mass is 10.1. The molecule has 0 aliphatic carbocycles. The highest BCUT2D eigenvalue weighted by Crippen LogP contribution is 2.24. The molecular weight excluding hydrogens is 402 g/mol. The molecule has 7 nitrogen and oxygen atoms in total. The van der Waals surface area contributed by atoms with E-state index >= 15 is 0 Å². The Hall–Kier alpha value is -2.91. The number of H-pyrrole nitrogens is 1. The quantitative estimate of drug-likeness (QED) is 0.151. The van der Waals surface area contributed by atoms with E-state index < -0.39 is 11.6 Å². The van der Waals surface area contributed by atoms with Crippen LogP contribution in [0.25, 0.3) is 11.0 Å². The third-order valence-electron chi connectivity index (χ3n) is 4.21. The van der Waals surface area contributed by atoms with Crippen molar-refractivity contribution in [2.24, 2.45) is 5.16 Å². The molecule has 0 amide bonds. The second-order valence-electron chi connectivity index (χ2n) is 6.69. The van der Waals surface area contributed by atoms with Crippen LogP contribution in [0, 0.1) is 11.6 Å². The van der Waals surface area contributed by atoms with Gasteiger partial charge in [-0.05, 0) is 57.4 Å². The van der Waals surface area contributed by atoms with Gasteiger partial charge < -0.3 is 25.7 Å². The molecule has 0 fully saturated rings. The molecule has 0 unspecified atom stereocenters. The predicted molar refractivity (Wildman–Crippen MR) is 111 cm³/mol. The molecule has 0 saturated heterocycles. The number of hydrogen-bond acceptors (Lipinski definition) is 5. The van der Waals surface area contributed by atoms with Gasteiger partial charge in [-0.1, -0.05) is 16.8 Å². The normalized spacial score (nSPS) is 12.0. The number of nitrogens with one attached hydrogen (secondary N) is 3. The zero-order valence-electron chi connectivity index (χ0n) is 15.9. The topological polar surface area (TPSA) is 88.6 Å². The molecule has 154 valence electrons. The molecule has 1 heterocycles. The largest absolute Gasteiger partial charge is 0.409 e. The number of oxime groups is 1. The van der Waals surface area contributed by atoms with Gasteiger partial charge in [0.05, 0.1) is 10.5 Å². The van der Waals surface area contributed by atoms with E-state index in [2.05, 4.69) is 30.7 Å². The van der Waals surface area contributed by atoms with Crippen molar-refractivity contribution < 1.29 is 14.0 Å². The molecule has 0 aliphatic heterocycles. The Labute approximate surface area is 171 Å². The highest BCUT2D eigenvalue weighted by atomic mass is 35.5. The third kappa shape index (κ3) is 4.93. The standard InChI is InChI=1S/C19H21ClF2N6O/c1-28(2)9-3-8-23-19-25-16-12(5-7-15(22)17(16)26-19)18(27-29)24-11-4-6-14(21)13(20)10-11/h4-7,10,29H,3,8-9H2,1-2H3,(H,24,27)(H2,23,25,26). The molecule has 0 atom stereocenters. The summed E-state index contributed by atoms with van der Waals surface area (Å²) in [5.41, 5.74) is 1.26. The van der Waals surface area contributed by atoms with E-state index in [0.717, 1.165) is 13.0 Å². The van der Waals surface area contributed by atoms with Gasteiger partial charge in [-0.15, -0.1) is 0 Å². The fourth-order valence-corrected chi connectivity index (χ4v) is 2.98. The van der Waals surface area contributed by atoms with Crippen LogP contribution in [0.4, 0.5) is 20.4 Å². The van der Waals surface area contributed by atoms with Crippen molar-refractivity contribution >= 4 is 40.1 Å². The summed E-state index contributed by atoms with van der Waals surface area (Å²) in [5.74, 6) is -0.640. The number of aromatic nitrogens is 2. The van der Waals surface area contributed by atoms with Crippen molar-refractivity contribution in [3.63, 3.8) is 0 Å². The summed E-state index contributed by atoms with van der Waals surface area (Å²) in [7, 11) is 3.97. The van der Waals surface area contributed by atoms with E-state index in [1.165, 1.54) is 30.3 Å². The summed E-state index contributed by atoms with van der Waals surface area (Å²) in [5, 5.41) is 18.7. The summed E-state index contributed by atoms with van der Waals surface area (Å²) in [6.07, 6.45) is 0.885. The van der Waals surface area contributed by atoms with Gasteiger partial charge >= 0.3 is 0 Å². The summed E-state index contributed by atoms with van der Waals surface area (Å²) >= 11 is 5.79. The minimum Gasteiger partial charge on any atom is -0.409 e. The molecule has 1 aromatic heterocycles. The lowest BCUT2D eigenvalue weighted by molar-refractivity contribution is 0.319. The maximum absolute atomic E-state index is 14.3. The molecule has 0 spiro atoms. The van der Waals surface area contributed by atoms with Gasteiger partial charge in [0, 0.05) is 17.8 Å². The molecule has 3 rings (SSSR count). The molecule has 0 radical (unpaired) electrons. The fraction of sp³-hybridized carbons (Fsp3) is 0.263. The highest BCUT2D eigenvalue weighted by molar-refractivity contribution is 6.31. The van der Waals surface area contributed by atoms with Gasteiger partial charge in [-0.3, -0.25) is 0 Å². The van der Waals surface area contributed by atoms with Gasteiger partial charge in [0.2, 0.25) is 5.95 Å². The first kappa shape index (κ1) is 20.8. The Morgan fingerprint density at radius 3 is 2.69 bits per heavy atom. The number of imidazole rings is 1. The Morgan fingerprint density at radius 2 is 2.00 bits per heavy atom. The number of benzene rings is 2. The molecule has 10 heteroatoms. The van der Waals surface area contributed by atoms with Gasteiger partial charge in [0.1, 0.15) is 11.3 Å². The van der Waals surface area contributed by atoms with Crippen molar-refractivity contribution in [1.82, 2.24) is 14.9 Å². The van der Waals surface area contributed by atoms with E-state index in [4.69, 9.17) is 11.6 Å². The Bertz CT molecular complexity index is 1040. The Kier molecular flexibility index (Phi) is 6.50. The van der Waals surface area contributed by atoms with Crippen LogP contribution in [-0.4, -0.2) is 53.1 Å². The van der Waals surface area contributed by atoms with Crippen LogP contribution in [0.2, 0.25) is 5.02 Å². The van der Waals surface area contributed by atoms with Crippen molar-refractivity contribution in [2.45, 2.75) is 6.42 Å². The zero-order chi connectivity index (χ0) is 21.0. The van der Waals surface area contributed by atoms with Crippen LogP contribution < -0.4 is 10.6 Å². The molecular formula is C19H21ClF2N6O. The smallest absolute Gasteiger partial charge is 0.201 e. The zero-order valence-corrected chi connectivity index (χ0v) is 16.7. The summed E-state index contributed by atoms with van der Waals surface area (Å²) in [6, 6.07) is 6.68. The van der Waals surface area contributed by atoms with Crippen LogP contribution in [-0.2, 0) is 0 Å². The lowest BCUT2D eigenvalue weighted by Crippen LogP contribution is -2.16. The number of rotatable bonds is 7. The fourth-order valence-electron chi connectivity index (χ4n) is 2.80. The van der Waals surface area contributed by atoms with E-state index in [1.807, 2.05) is 14.1 Å². The average molecular weight is 423 g/mol. The van der Waals surface area contributed by atoms with Crippen LogP contribution in [0.3, 0.4) is 0 Å². The first-order valence-electron chi connectivity index (χ1n) is 8.90. The molecule has 2 aromatic carbocycles. The van der Waals surface area contributed by atoms with Crippen LogP contribution in [0.1, 0.15) is 12.0 Å². The predicted octanol–water partition coefficient (Wildman–Crippen LogP) is 4.11. The third-order valence-corrected chi connectivity index (χ3v) is 4.50. The first-order chi connectivity index (χ1) is 13.9. The number of anilines is 2. The first-order valence-corrected chi connectivity index (χ1v) is 9.28. The monoisotopic (exact) mass is 422 g/mol. The van der Waals surface area contributed by atoms with Gasteiger partial charge in [0.15, 0.2) is 11.7 Å². The molecule has 0 bridgehead atoms. The molecule has 3 aromatic rings. The summed E-state index contributed by atoms with van der Waals surface area (Å²) in [4.78, 5) is 9.33. The minimum atomic E-state index is -0.567. The van der Waals surface area contributed by atoms with E-state index in [0.29, 0.717) is 29.3 Å². The van der Waals surface area contributed by atoms with Crippen LogP contribution >= 0.6 is 11.6 Å². The van der Waals surface area contributed by atoms with Crippen molar-refractivity contribution in [3.8, 4) is 0 Å². The number of aromatic amines is 1. The van der Waals surface area contributed by atoms with Crippen LogP contribution in [0.15, 0.2) is 35.5 Å². The maximum atomic E-state index is 14.3. The van der Waals surface area contributed by atoms with E-state index in [9.17, 15) is 14.0 Å². The molecule has 0 saturated carbocycles. The lowest BCUT2D eigenvalue weighted by Gasteiger charge is -2.10. The number of fused-ring (bicyclic) bond motifs is 1. The Balaban J connectivity index is 1.87. The van der Waals surface area contributed by atoms with Crippen molar-refractivity contribution in [2.75, 3.05) is 37.8 Å². The highest BCUT2D eigenvalue weighted by Gasteiger charge is 2.17. The second kappa shape index (κ2) is 9.06. The number of halogens is 3. The maximum Gasteiger partial charge on any atom is 0.201 e. The van der Waals surface area contributed by atoms with Gasteiger partial charge in [0.25, 0.3) is 0 Å². The Morgan fingerprint density at radius 1 is 1.24 bits per heavy atom. The summed E-state index contributed by atoms with van der Waals surface area (Å²) in [6.45, 7) is 1.56. The molecule has 0 aliphatic rings. The average Bonchev–Trinajstić information content (AvgIpc) is 3.12. The molecule has 29 heavy (non-hydrogen) atoms. The van der Waals surface area contributed by atoms with E-state index in [-0.39, 0.29) is 16.4 Å². The van der Waals surface area contributed by atoms with Gasteiger partial charge in [-0.2, -0.15) is 0 Å². The second-order valence-corrected chi connectivity index (χ2v) is 7.10. The number of amidine groups is 1. The SMILES string of the molecule is CN(C)CCCNc1nc2c(F)ccc(/C(=N/O)Nc3ccc(F)c(Cl)c3)c2[nH]1. The van der Waals surface area contributed by atoms with Crippen molar-refractivity contribution in [1.29, 1.82) is 0 Å². The van der Waals surface area contributed by atoms with Gasteiger partial charge in [-0.25, -0.2) is 13.8 Å². The number of nitrogens with zero attached hydrogens (tertiary/aromatic N) is 3.